The Hall–Kier alpha value is -4.52. The normalized spacial score (nSPS) is 12.1. The Morgan fingerprint density at radius 2 is 1.59 bits per heavy atom. The van der Waals surface area contributed by atoms with Crippen LogP contribution in [0.25, 0.3) is 22.5 Å². The van der Waals surface area contributed by atoms with E-state index in [0.29, 0.717) is 34.0 Å². The molecule has 0 saturated carbocycles. The molecule has 0 fully saturated rings. The van der Waals surface area contributed by atoms with Crippen LogP contribution in [-0.4, -0.2) is 35.5 Å². The van der Waals surface area contributed by atoms with Crippen molar-refractivity contribution >= 4 is 17.4 Å². The fourth-order valence-electron chi connectivity index (χ4n) is 4.35. The lowest BCUT2D eigenvalue weighted by Gasteiger charge is -2.15. The van der Waals surface area contributed by atoms with Crippen LogP contribution in [-0.2, 0) is 25.9 Å². The Labute approximate surface area is 233 Å². The lowest BCUT2D eigenvalue weighted by Crippen LogP contribution is -2.13. The van der Waals surface area contributed by atoms with Gasteiger partial charge in [-0.25, -0.2) is 4.68 Å². The van der Waals surface area contributed by atoms with Crippen LogP contribution in [0.2, 0.25) is 5.02 Å². The molecule has 2 aromatic carbocycles. The lowest BCUT2D eigenvalue weighted by atomic mass is 10.0. The third kappa shape index (κ3) is 5.57. The number of pyridine rings is 1. The molecule has 0 aliphatic carbocycles. The summed E-state index contributed by atoms with van der Waals surface area (Å²) in [5.41, 5.74) is -2.15. The topological polar surface area (TPSA) is 78.5 Å². The molecular weight excluding hydrogens is 574 g/mol. The minimum atomic E-state index is -5.03. The second-order valence-electron chi connectivity index (χ2n) is 8.94. The highest BCUT2D eigenvalue weighted by atomic mass is 35.5. The highest BCUT2D eigenvalue weighted by Gasteiger charge is 2.37. The Kier molecular flexibility index (Phi) is 7.15. The summed E-state index contributed by atoms with van der Waals surface area (Å²) in [7, 11) is 1.61. The molecule has 0 radical (unpaired) electrons. The van der Waals surface area contributed by atoms with Crippen LogP contribution in [0.5, 0.6) is 0 Å². The number of halogens is 7. The number of alkyl halides is 6. The van der Waals surface area contributed by atoms with E-state index in [2.05, 4.69) is 20.4 Å². The Morgan fingerprint density at radius 1 is 0.902 bits per heavy atom. The van der Waals surface area contributed by atoms with Crippen LogP contribution in [0.1, 0.15) is 32.7 Å². The molecule has 0 saturated heterocycles. The second-order valence-corrected chi connectivity index (χ2v) is 9.35. The monoisotopic (exact) mass is 590 g/mol. The van der Waals surface area contributed by atoms with Crippen LogP contribution >= 0.6 is 11.6 Å². The van der Waals surface area contributed by atoms with Crippen molar-refractivity contribution in [3.05, 3.63) is 106 Å². The summed E-state index contributed by atoms with van der Waals surface area (Å²) in [5.74, 6) is -0.641. The summed E-state index contributed by atoms with van der Waals surface area (Å²) in [5, 5.41) is 12.5. The molecule has 0 aliphatic heterocycles. The first kappa shape index (κ1) is 28.0. The molecule has 5 rings (SSSR count). The van der Waals surface area contributed by atoms with E-state index < -0.39 is 35.8 Å². The van der Waals surface area contributed by atoms with Crippen molar-refractivity contribution in [2.75, 3.05) is 0 Å². The van der Waals surface area contributed by atoms with Crippen molar-refractivity contribution in [1.29, 1.82) is 0 Å². The van der Waals surface area contributed by atoms with Gasteiger partial charge in [0.25, 0.3) is 0 Å². The number of carbonyl (C=O) groups is 1. The van der Waals surface area contributed by atoms with Crippen molar-refractivity contribution in [1.82, 2.24) is 29.8 Å². The molecule has 14 heteroatoms. The zero-order valence-corrected chi connectivity index (χ0v) is 21.6. The van der Waals surface area contributed by atoms with Crippen LogP contribution in [0.4, 0.5) is 26.3 Å². The summed E-state index contributed by atoms with van der Waals surface area (Å²) in [6.45, 7) is -0.554. The number of ketones is 1. The average molecular weight is 591 g/mol. The first-order chi connectivity index (χ1) is 19.3. The van der Waals surface area contributed by atoms with Gasteiger partial charge >= 0.3 is 12.4 Å². The van der Waals surface area contributed by atoms with Gasteiger partial charge in [-0.1, -0.05) is 35.0 Å². The summed E-state index contributed by atoms with van der Waals surface area (Å²) >= 11 is 6.37. The minimum Gasteiger partial charge on any atom is -0.287 e. The summed E-state index contributed by atoms with van der Waals surface area (Å²) in [4.78, 5) is 17.9. The minimum absolute atomic E-state index is 0.0421. The van der Waals surface area contributed by atoms with Gasteiger partial charge in [0.05, 0.1) is 35.1 Å². The molecule has 5 aromatic rings. The predicted molar refractivity (Wildman–Crippen MR) is 136 cm³/mol. The molecule has 0 N–H and O–H groups in total. The van der Waals surface area contributed by atoms with Gasteiger partial charge in [-0.2, -0.15) is 31.4 Å². The third-order valence-corrected chi connectivity index (χ3v) is 6.51. The number of benzene rings is 2. The van der Waals surface area contributed by atoms with E-state index in [1.54, 1.807) is 43.4 Å². The highest BCUT2D eigenvalue weighted by molar-refractivity contribution is 6.33. The van der Waals surface area contributed by atoms with Crippen LogP contribution in [0.15, 0.2) is 73.2 Å². The van der Waals surface area contributed by atoms with Crippen molar-refractivity contribution in [2.24, 2.45) is 7.05 Å². The van der Waals surface area contributed by atoms with Gasteiger partial charge in [-0.3, -0.25) is 14.5 Å². The number of rotatable bonds is 6. The Balaban J connectivity index is 1.64. The van der Waals surface area contributed by atoms with E-state index in [-0.39, 0.29) is 28.6 Å². The summed E-state index contributed by atoms with van der Waals surface area (Å²) in [6, 6.07) is 11.1. The van der Waals surface area contributed by atoms with E-state index in [9.17, 15) is 31.1 Å². The van der Waals surface area contributed by atoms with Gasteiger partial charge in [-0.05, 0) is 42.0 Å². The maximum absolute atomic E-state index is 13.9. The number of nitrogens with zero attached hydrogens (tertiary/aromatic N) is 6. The number of carbonyl (C=O) groups excluding carboxylic acids is 1. The Bertz CT molecular complexity index is 1710. The predicted octanol–water partition coefficient (Wildman–Crippen LogP) is 6.71. The Morgan fingerprint density at radius 3 is 2.20 bits per heavy atom. The van der Waals surface area contributed by atoms with Crippen molar-refractivity contribution in [2.45, 2.75) is 18.9 Å². The molecule has 7 nitrogen and oxygen atoms in total. The van der Waals surface area contributed by atoms with Gasteiger partial charge in [-0.15, -0.1) is 5.10 Å². The van der Waals surface area contributed by atoms with Gasteiger partial charge in [0.1, 0.15) is 5.69 Å². The number of hydrogen-bond donors (Lipinski definition) is 0. The van der Waals surface area contributed by atoms with E-state index >= 15 is 0 Å². The molecule has 0 bridgehead atoms. The van der Waals surface area contributed by atoms with E-state index in [1.165, 1.54) is 23.3 Å². The zero-order valence-electron chi connectivity index (χ0n) is 20.9. The summed E-state index contributed by atoms with van der Waals surface area (Å²) < 4.78 is 83.2. The number of hydrogen-bond acceptors (Lipinski definition) is 5. The molecule has 3 heterocycles. The first-order valence-electron chi connectivity index (χ1n) is 11.8. The quantitative estimate of drug-likeness (QED) is 0.162. The standard InChI is InChI=1S/C27H17ClF6N6O/c1-39-24(19-6-2-3-7-21(19)28)20(13-36-39)25(41)22-23(16-5-4-8-35-12-16)40(38-37-22)14-15-9-17(26(29,30)31)11-18(10-15)27(32,33)34/h2-13H,14H2,1H3. The average Bonchev–Trinajstić information content (AvgIpc) is 3.51. The molecule has 41 heavy (non-hydrogen) atoms. The smallest absolute Gasteiger partial charge is 0.287 e. The summed E-state index contributed by atoms with van der Waals surface area (Å²) in [6.07, 6.45) is -5.91. The molecule has 3 aromatic heterocycles. The molecule has 0 aliphatic rings. The van der Waals surface area contributed by atoms with Gasteiger partial charge in [0.2, 0.25) is 5.78 Å². The maximum atomic E-state index is 13.9. The lowest BCUT2D eigenvalue weighted by molar-refractivity contribution is -0.143. The number of aromatic nitrogens is 6. The molecule has 0 spiro atoms. The van der Waals surface area contributed by atoms with Crippen LogP contribution in [0.3, 0.4) is 0 Å². The molecule has 0 amide bonds. The zero-order chi connectivity index (χ0) is 29.5. The fourth-order valence-corrected chi connectivity index (χ4v) is 4.58. The van der Waals surface area contributed by atoms with E-state index in [1.807, 2.05) is 0 Å². The molecule has 210 valence electrons. The van der Waals surface area contributed by atoms with Crippen LogP contribution in [0, 0.1) is 0 Å². The number of aryl methyl sites for hydroxylation is 1. The fraction of sp³-hybridized carbons (Fsp3) is 0.148. The molecule has 0 unspecified atom stereocenters. The van der Waals surface area contributed by atoms with Crippen molar-refractivity contribution in [3.63, 3.8) is 0 Å². The van der Waals surface area contributed by atoms with E-state index in [0.717, 1.165) is 4.68 Å². The van der Waals surface area contributed by atoms with E-state index in [4.69, 9.17) is 11.6 Å². The third-order valence-electron chi connectivity index (χ3n) is 6.18. The van der Waals surface area contributed by atoms with Crippen molar-refractivity contribution in [3.8, 4) is 22.5 Å². The maximum Gasteiger partial charge on any atom is 0.416 e. The molecule has 0 atom stereocenters. The second kappa shape index (κ2) is 10.5. The van der Waals surface area contributed by atoms with Crippen molar-refractivity contribution < 1.29 is 31.1 Å². The first-order valence-corrected chi connectivity index (χ1v) is 12.2. The largest absolute Gasteiger partial charge is 0.416 e. The van der Waals surface area contributed by atoms with Gasteiger partial charge in [0.15, 0.2) is 5.69 Å². The van der Waals surface area contributed by atoms with Gasteiger partial charge < -0.3 is 0 Å². The highest BCUT2D eigenvalue weighted by Crippen LogP contribution is 2.37. The SMILES string of the molecule is Cn1ncc(C(=O)c2nnn(Cc3cc(C(F)(F)F)cc(C(F)(F)F)c3)c2-c2cccnc2)c1-c1ccccc1Cl. The molecular formula is C27H17ClF6N6O. The van der Waals surface area contributed by atoms with Crippen LogP contribution < -0.4 is 0 Å². The van der Waals surface area contributed by atoms with Gasteiger partial charge in [0, 0.05) is 35.6 Å².